The lowest BCUT2D eigenvalue weighted by Gasteiger charge is -2.24. The number of hydrogen-bond acceptors (Lipinski definition) is 2. The van der Waals surface area contributed by atoms with Crippen LogP contribution in [0.2, 0.25) is 5.02 Å². The highest BCUT2D eigenvalue weighted by Gasteiger charge is 2.17. The summed E-state index contributed by atoms with van der Waals surface area (Å²) in [4.78, 5) is 0. The summed E-state index contributed by atoms with van der Waals surface area (Å²) in [6.07, 6.45) is 3.51. The average Bonchev–Trinajstić information content (AvgIpc) is 2.23. The molecule has 1 aromatic rings. The maximum atomic E-state index is 9.69. The van der Waals surface area contributed by atoms with Crippen molar-refractivity contribution in [3.05, 3.63) is 28.8 Å². The first-order valence-corrected chi connectivity index (χ1v) is 5.37. The first kappa shape index (κ1) is 9.81. The minimum Gasteiger partial charge on any atom is -0.508 e. The van der Waals surface area contributed by atoms with Crippen molar-refractivity contribution >= 4 is 11.6 Å². The van der Waals surface area contributed by atoms with Gasteiger partial charge in [-0.05, 0) is 37.6 Å². The van der Waals surface area contributed by atoms with Crippen LogP contribution in [0.4, 0.5) is 0 Å². The van der Waals surface area contributed by atoms with E-state index < -0.39 is 0 Å². The first-order chi connectivity index (χ1) is 6.77. The summed E-state index contributed by atoms with van der Waals surface area (Å²) >= 11 is 5.90. The molecule has 1 aliphatic heterocycles. The Kier molecular flexibility index (Phi) is 2.94. The average molecular weight is 212 g/mol. The van der Waals surface area contributed by atoms with E-state index in [1.54, 1.807) is 12.1 Å². The van der Waals surface area contributed by atoms with Gasteiger partial charge in [-0.15, -0.1) is 0 Å². The zero-order valence-electron chi connectivity index (χ0n) is 7.96. The zero-order chi connectivity index (χ0) is 9.97. The summed E-state index contributed by atoms with van der Waals surface area (Å²) in [5.41, 5.74) is 0.928. The predicted molar refractivity (Wildman–Crippen MR) is 57.7 cm³/mol. The van der Waals surface area contributed by atoms with Crippen molar-refractivity contribution < 1.29 is 5.11 Å². The second-order valence-electron chi connectivity index (χ2n) is 3.71. The van der Waals surface area contributed by atoms with Crippen LogP contribution in [0.3, 0.4) is 0 Å². The van der Waals surface area contributed by atoms with Gasteiger partial charge in [-0.25, -0.2) is 0 Å². The zero-order valence-corrected chi connectivity index (χ0v) is 8.72. The minimum absolute atomic E-state index is 0.266. The van der Waals surface area contributed by atoms with E-state index in [-0.39, 0.29) is 6.04 Å². The van der Waals surface area contributed by atoms with Gasteiger partial charge in [0.15, 0.2) is 0 Å². The maximum absolute atomic E-state index is 9.69. The van der Waals surface area contributed by atoms with Gasteiger partial charge in [0.1, 0.15) is 5.75 Å². The highest BCUT2D eigenvalue weighted by atomic mass is 35.5. The van der Waals surface area contributed by atoms with Crippen LogP contribution in [0.15, 0.2) is 18.2 Å². The molecule has 1 aromatic carbocycles. The van der Waals surface area contributed by atoms with Crippen LogP contribution in [0.5, 0.6) is 5.75 Å². The predicted octanol–water partition coefficient (Wildman–Crippen LogP) is 2.86. The number of phenolic OH excluding ortho intramolecular Hbond substituents is 1. The van der Waals surface area contributed by atoms with Crippen molar-refractivity contribution in [3.8, 4) is 5.75 Å². The quantitative estimate of drug-likeness (QED) is 0.749. The van der Waals surface area contributed by atoms with Gasteiger partial charge in [0.25, 0.3) is 0 Å². The van der Waals surface area contributed by atoms with Crippen molar-refractivity contribution in [3.63, 3.8) is 0 Å². The Morgan fingerprint density at radius 2 is 2.21 bits per heavy atom. The van der Waals surface area contributed by atoms with Crippen LogP contribution in [0, 0.1) is 0 Å². The maximum Gasteiger partial charge on any atom is 0.120 e. The highest BCUT2D eigenvalue weighted by molar-refractivity contribution is 6.30. The van der Waals surface area contributed by atoms with Gasteiger partial charge >= 0.3 is 0 Å². The van der Waals surface area contributed by atoms with Gasteiger partial charge < -0.3 is 10.4 Å². The highest BCUT2D eigenvalue weighted by Crippen LogP contribution is 2.31. The number of hydrogen-bond donors (Lipinski definition) is 2. The molecule has 2 rings (SSSR count). The van der Waals surface area contributed by atoms with E-state index in [2.05, 4.69) is 5.32 Å². The molecule has 0 radical (unpaired) electrons. The molecule has 0 aromatic heterocycles. The van der Waals surface area contributed by atoms with E-state index in [0.717, 1.165) is 18.5 Å². The fraction of sp³-hybridized carbons (Fsp3) is 0.455. The molecule has 14 heavy (non-hydrogen) atoms. The molecule has 76 valence electrons. The SMILES string of the molecule is Oc1ccc(Cl)cc1C1CCCCN1. The van der Waals surface area contributed by atoms with E-state index in [9.17, 15) is 5.11 Å². The Balaban J connectivity index is 2.24. The van der Waals surface area contributed by atoms with Gasteiger partial charge in [0.2, 0.25) is 0 Å². The molecule has 0 spiro atoms. The monoisotopic (exact) mass is 211 g/mol. The van der Waals surface area contributed by atoms with Gasteiger partial charge in [-0.1, -0.05) is 18.0 Å². The van der Waals surface area contributed by atoms with Crippen LogP contribution < -0.4 is 5.32 Å². The smallest absolute Gasteiger partial charge is 0.120 e. The number of benzene rings is 1. The molecule has 0 saturated carbocycles. The molecule has 2 nitrogen and oxygen atoms in total. The lowest BCUT2D eigenvalue weighted by atomic mass is 9.97. The van der Waals surface area contributed by atoms with E-state index in [4.69, 9.17) is 11.6 Å². The molecule has 1 unspecified atom stereocenters. The third kappa shape index (κ3) is 2.02. The summed E-state index contributed by atoms with van der Waals surface area (Å²) in [6, 6.07) is 5.49. The third-order valence-electron chi connectivity index (χ3n) is 2.68. The lowest BCUT2D eigenvalue weighted by Crippen LogP contribution is -2.26. The van der Waals surface area contributed by atoms with E-state index in [1.165, 1.54) is 12.8 Å². The normalized spacial score (nSPS) is 22.2. The molecule has 0 bridgehead atoms. The van der Waals surface area contributed by atoms with Gasteiger partial charge in [-0.3, -0.25) is 0 Å². The number of phenols is 1. The summed E-state index contributed by atoms with van der Waals surface area (Å²) in [5, 5.41) is 13.8. The summed E-state index contributed by atoms with van der Waals surface area (Å²) in [7, 11) is 0. The molecular weight excluding hydrogens is 198 g/mol. The Labute approximate surface area is 88.9 Å². The fourth-order valence-electron chi connectivity index (χ4n) is 1.92. The van der Waals surface area contributed by atoms with Crippen molar-refractivity contribution in [2.75, 3.05) is 6.54 Å². The van der Waals surface area contributed by atoms with Crippen molar-refractivity contribution in [2.24, 2.45) is 0 Å². The number of piperidine rings is 1. The summed E-state index contributed by atoms with van der Waals surface area (Å²) < 4.78 is 0. The third-order valence-corrected chi connectivity index (χ3v) is 2.91. The van der Waals surface area contributed by atoms with Crippen LogP contribution in [0.1, 0.15) is 30.9 Å². The Bertz CT molecular complexity index is 321. The molecule has 1 fully saturated rings. The van der Waals surface area contributed by atoms with Crippen molar-refractivity contribution in [1.82, 2.24) is 5.32 Å². The van der Waals surface area contributed by atoms with Crippen LogP contribution in [0.25, 0.3) is 0 Å². The second-order valence-corrected chi connectivity index (χ2v) is 4.14. The van der Waals surface area contributed by atoms with Crippen LogP contribution >= 0.6 is 11.6 Å². The van der Waals surface area contributed by atoms with Crippen LogP contribution in [-0.4, -0.2) is 11.7 Å². The topological polar surface area (TPSA) is 32.3 Å². The Morgan fingerprint density at radius 3 is 2.93 bits per heavy atom. The molecule has 3 heteroatoms. The number of aromatic hydroxyl groups is 1. The molecule has 0 amide bonds. The van der Waals surface area contributed by atoms with Gasteiger partial charge in [0.05, 0.1) is 0 Å². The number of rotatable bonds is 1. The Hall–Kier alpha value is -0.730. The van der Waals surface area contributed by atoms with Gasteiger partial charge in [-0.2, -0.15) is 0 Å². The molecule has 1 saturated heterocycles. The first-order valence-electron chi connectivity index (χ1n) is 4.99. The molecule has 1 atom stereocenters. The van der Waals surface area contributed by atoms with Crippen LogP contribution in [-0.2, 0) is 0 Å². The molecular formula is C11H14ClNO. The van der Waals surface area contributed by atoms with Gasteiger partial charge in [0, 0.05) is 16.6 Å². The van der Waals surface area contributed by atoms with Crippen molar-refractivity contribution in [1.29, 1.82) is 0 Å². The fourth-order valence-corrected chi connectivity index (χ4v) is 2.10. The molecule has 1 aliphatic rings. The standard InChI is InChI=1S/C11H14ClNO/c12-8-4-5-11(14)9(7-8)10-3-1-2-6-13-10/h4-5,7,10,13-14H,1-3,6H2. The Morgan fingerprint density at radius 1 is 1.36 bits per heavy atom. The van der Waals surface area contributed by atoms with E-state index >= 15 is 0 Å². The molecule has 0 aliphatic carbocycles. The van der Waals surface area contributed by atoms with E-state index in [0.29, 0.717) is 10.8 Å². The summed E-state index contributed by atoms with van der Waals surface area (Å²) in [6.45, 7) is 1.02. The molecule has 1 heterocycles. The lowest BCUT2D eigenvalue weighted by molar-refractivity contribution is 0.391. The number of halogens is 1. The number of nitrogens with one attached hydrogen (secondary N) is 1. The van der Waals surface area contributed by atoms with E-state index in [1.807, 2.05) is 6.07 Å². The molecule has 2 N–H and O–H groups in total. The van der Waals surface area contributed by atoms with Crippen molar-refractivity contribution in [2.45, 2.75) is 25.3 Å². The summed E-state index contributed by atoms with van der Waals surface area (Å²) in [5.74, 6) is 0.341. The second kappa shape index (κ2) is 4.20. The minimum atomic E-state index is 0.266. The largest absolute Gasteiger partial charge is 0.508 e.